The van der Waals surface area contributed by atoms with Crippen LogP contribution in [0, 0.1) is 18.8 Å². The van der Waals surface area contributed by atoms with Crippen molar-refractivity contribution in [2.24, 2.45) is 11.8 Å². The molecule has 3 aliphatic rings. The predicted octanol–water partition coefficient (Wildman–Crippen LogP) is 3.01. The number of rotatable bonds is 6. The fraction of sp³-hybridized carbons (Fsp3) is 0.533. The first-order valence-electron chi connectivity index (χ1n) is 14.2. The van der Waals surface area contributed by atoms with Crippen LogP contribution in [0.1, 0.15) is 35.2 Å². The molecule has 1 unspecified atom stereocenters. The highest BCUT2D eigenvalue weighted by Gasteiger charge is 2.36. The highest BCUT2D eigenvalue weighted by Crippen LogP contribution is 2.43. The third-order valence-corrected chi connectivity index (χ3v) is 8.87. The van der Waals surface area contributed by atoms with Gasteiger partial charge in [0.1, 0.15) is 5.82 Å². The van der Waals surface area contributed by atoms with Gasteiger partial charge in [-0.25, -0.2) is 4.98 Å². The first-order valence-corrected chi connectivity index (χ1v) is 14.2. The van der Waals surface area contributed by atoms with Gasteiger partial charge in [-0.15, -0.1) is 0 Å². The fourth-order valence-electron chi connectivity index (χ4n) is 6.82. The normalized spacial score (nSPS) is 21.8. The van der Waals surface area contributed by atoms with E-state index in [1.807, 2.05) is 11.1 Å². The predicted molar refractivity (Wildman–Crippen MR) is 155 cm³/mol. The average Bonchev–Trinajstić information content (AvgIpc) is 3.38. The number of aromatic nitrogens is 4. The van der Waals surface area contributed by atoms with Crippen molar-refractivity contribution in [1.29, 1.82) is 0 Å². The van der Waals surface area contributed by atoms with Gasteiger partial charge in [0.15, 0.2) is 0 Å². The van der Waals surface area contributed by atoms with Crippen LogP contribution >= 0.6 is 0 Å². The van der Waals surface area contributed by atoms with E-state index in [-0.39, 0.29) is 5.91 Å². The Kier molecular flexibility index (Phi) is 6.79. The maximum absolute atomic E-state index is 12.2. The molecule has 0 radical (unpaired) electrons. The topological polar surface area (TPSA) is 84.5 Å². The van der Waals surface area contributed by atoms with Crippen LogP contribution in [-0.2, 0) is 17.6 Å². The number of piperazine rings is 1. The van der Waals surface area contributed by atoms with Crippen LogP contribution < -0.4 is 9.80 Å². The first-order chi connectivity index (χ1) is 18.8. The van der Waals surface area contributed by atoms with Crippen LogP contribution in [0.15, 0.2) is 31.0 Å². The summed E-state index contributed by atoms with van der Waals surface area (Å²) in [6.45, 7) is 14.2. The Balaban J connectivity index is 1.34. The number of nitrogens with one attached hydrogen (secondary N) is 1. The number of anilines is 2. The summed E-state index contributed by atoms with van der Waals surface area (Å²) in [4.78, 5) is 31.5. The van der Waals surface area contributed by atoms with Gasteiger partial charge in [0.25, 0.3) is 0 Å². The van der Waals surface area contributed by atoms with Crippen molar-refractivity contribution in [2.75, 3.05) is 69.7 Å². The van der Waals surface area contributed by atoms with E-state index in [1.54, 1.807) is 0 Å². The zero-order chi connectivity index (χ0) is 27.3. The second-order valence-corrected chi connectivity index (χ2v) is 11.9. The van der Waals surface area contributed by atoms with Crippen molar-refractivity contribution in [3.8, 4) is 0 Å². The van der Waals surface area contributed by atoms with E-state index < -0.39 is 0 Å². The number of hydrogen-bond donors (Lipinski definition) is 1. The fourth-order valence-corrected chi connectivity index (χ4v) is 6.82. The lowest BCUT2D eigenvalue weighted by atomic mass is 9.73. The smallest absolute Gasteiger partial charge is 0.246 e. The number of aromatic amines is 1. The maximum atomic E-state index is 12.2. The second kappa shape index (κ2) is 10.3. The minimum Gasteiger partial charge on any atom is -0.353 e. The molecule has 9 nitrogen and oxygen atoms in total. The van der Waals surface area contributed by atoms with E-state index >= 15 is 0 Å². The molecular weight excluding hydrogens is 488 g/mol. The number of hydrogen-bond acceptors (Lipinski definition) is 7. The summed E-state index contributed by atoms with van der Waals surface area (Å²) in [5.74, 6) is 3.39. The molecule has 2 aliphatic heterocycles. The minimum atomic E-state index is 0.00725. The molecule has 1 aromatic carbocycles. The number of carbonyl (C=O) groups excluding carboxylic acids is 1. The van der Waals surface area contributed by atoms with Crippen LogP contribution in [0.2, 0.25) is 0 Å². The maximum Gasteiger partial charge on any atom is 0.246 e. The van der Waals surface area contributed by atoms with E-state index in [2.05, 4.69) is 71.6 Å². The van der Waals surface area contributed by atoms with Crippen molar-refractivity contribution in [3.63, 3.8) is 0 Å². The Morgan fingerprint density at radius 3 is 2.62 bits per heavy atom. The number of fused-ring (bicyclic) bond motifs is 2. The molecule has 3 aromatic rings. The number of H-pyrrole nitrogens is 1. The van der Waals surface area contributed by atoms with Gasteiger partial charge in [0.2, 0.25) is 11.9 Å². The molecule has 39 heavy (non-hydrogen) atoms. The van der Waals surface area contributed by atoms with Crippen LogP contribution in [0.3, 0.4) is 0 Å². The van der Waals surface area contributed by atoms with Gasteiger partial charge in [-0.05, 0) is 69.0 Å². The SMILES string of the molecule is C=CC(=O)N1CCN(c2nc(N3CC(CN(C)C)C3)nc3c2C[C@@H](C)C(c2c(C)ccc4[nH]ncc24)C3)CC1. The third-order valence-electron chi connectivity index (χ3n) is 8.87. The molecule has 2 fully saturated rings. The number of carbonyl (C=O) groups is 1. The van der Waals surface area contributed by atoms with Crippen molar-refractivity contribution < 1.29 is 4.79 Å². The Labute approximate surface area is 230 Å². The molecule has 0 saturated carbocycles. The quantitative estimate of drug-likeness (QED) is 0.493. The van der Waals surface area contributed by atoms with Crippen molar-refractivity contribution in [2.45, 2.75) is 32.6 Å². The van der Waals surface area contributed by atoms with E-state index in [0.29, 0.717) is 30.8 Å². The molecule has 2 saturated heterocycles. The van der Waals surface area contributed by atoms with Gasteiger partial charge in [0, 0.05) is 62.7 Å². The zero-order valence-corrected chi connectivity index (χ0v) is 23.7. The summed E-state index contributed by atoms with van der Waals surface area (Å²) in [6.07, 6.45) is 5.23. The van der Waals surface area contributed by atoms with Crippen LogP contribution in [0.4, 0.5) is 11.8 Å². The minimum absolute atomic E-state index is 0.00725. The number of benzene rings is 1. The molecule has 1 aliphatic carbocycles. The Morgan fingerprint density at radius 1 is 1.13 bits per heavy atom. The third kappa shape index (κ3) is 4.77. The summed E-state index contributed by atoms with van der Waals surface area (Å²) >= 11 is 0. The summed E-state index contributed by atoms with van der Waals surface area (Å²) in [7, 11) is 4.27. The van der Waals surface area contributed by atoms with Gasteiger partial charge >= 0.3 is 0 Å². The van der Waals surface area contributed by atoms with Crippen LogP contribution in [0.25, 0.3) is 10.9 Å². The lowest BCUT2D eigenvalue weighted by Crippen LogP contribution is -2.52. The Hall–Kier alpha value is -3.46. The highest BCUT2D eigenvalue weighted by atomic mass is 16.2. The molecule has 2 atom stereocenters. The average molecular weight is 529 g/mol. The largest absolute Gasteiger partial charge is 0.353 e. The van der Waals surface area contributed by atoms with Crippen molar-refractivity contribution in [1.82, 2.24) is 30.0 Å². The van der Waals surface area contributed by atoms with E-state index in [4.69, 9.17) is 9.97 Å². The number of amides is 1. The van der Waals surface area contributed by atoms with Gasteiger partial charge < -0.3 is 19.6 Å². The zero-order valence-electron chi connectivity index (χ0n) is 23.7. The molecule has 1 N–H and O–H groups in total. The molecule has 4 heterocycles. The number of aryl methyl sites for hydroxylation is 1. The van der Waals surface area contributed by atoms with E-state index in [1.165, 1.54) is 33.8 Å². The lowest BCUT2D eigenvalue weighted by Gasteiger charge is -2.43. The molecule has 2 aromatic heterocycles. The van der Waals surface area contributed by atoms with Crippen molar-refractivity contribution in [3.05, 3.63) is 53.4 Å². The number of nitrogens with zero attached hydrogens (tertiary/aromatic N) is 7. The molecule has 0 spiro atoms. The summed E-state index contributed by atoms with van der Waals surface area (Å²) in [6, 6.07) is 4.34. The Morgan fingerprint density at radius 2 is 1.90 bits per heavy atom. The van der Waals surface area contributed by atoms with Gasteiger partial charge in [-0.1, -0.05) is 19.6 Å². The molecule has 1 amide bonds. The van der Waals surface area contributed by atoms with Crippen molar-refractivity contribution >= 4 is 28.6 Å². The monoisotopic (exact) mass is 528 g/mol. The molecule has 9 heteroatoms. The van der Waals surface area contributed by atoms with E-state index in [9.17, 15) is 4.79 Å². The molecule has 6 rings (SSSR count). The summed E-state index contributed by atoms with van der Waals surface area (Å²) < 4.78 is 0. The van der Waals surface area contributed by atoms with Gasteiger partial charge in [-0.3, -0.25) is 9.89 Å². The van der Waals surface area contributed by atoms with Gasteiger partial charge in [-0.2, -0.15) is 10.1 Å². The van der Waals surface area contributed by atoms with Crippen LogP contribution in [-0.4, -0.2) is 95.8 Å². The first kappa shape index (κ1) is 25.8. The van der Waals surface area contributed by atoms with Crippen LogP contribution in [0.5, 0.6) is 0 Å². The standard InChI is InChI=1S/C30H40N8O/c1-6-27(39)36-9-11-37(12-10-36)29-23-13-20(3)22(28-19(2)7-8-25-24(28)15-31-34-25)14-26(23)32-30(33-29)38-17-21(18-38)16-35(4)5/h6-8,15,20-22H,1,9-14,16-18H2,2-5H3,(H,31,34)/t20-,22?/m1/s1. The Bertz CT molecular complexity index is 1380. The highest BCUT2D eigenvalue weighted by molar-refractivity contribution is 5.87. The van der Waals surface area contributed by atoms with E-state index in [0.717, 1.165) is 62.8 Å². The lowest BCUT2D eigenvalue weighted by molar-refractivity contribution is -0.126. The summed E-state index contributed by atoms with van der Waals surface area (Å²) in [5.41, 5.74) is 6.27. The molecular formula is C30H40N8O. The summed E-state index contributed by atoms with van der Waals surface area (Å²) in [5, 5.41) is 8.73. The second-order valence-electron chi connectivity index (χ2n) is 11.9. The van der Waals surface area contributed by atoms with Gasteiger partial charge in [0.05, 0.1) is 17.4 Å². The molecule has 206 valence electrons. The molecule has 0 bridgehead atoms.